The fraction of sp³-hybridized carbons (Fsp3) is 0.233. The van der Waals surface area contributed by atoms with E-state index in [1.807, 2.05) is 0 Å². The molecule has 0 bridgehead atoms. The van der Waals surface area contributed by atoms with Crippen LogP contribution in [0.25, 0.3) is 10.9 Å². The predicted molar refractivity (Wildman–Crippen MR) is 145 cm³/mol. The van der Waals surface area contributed by atoms with Crippen molar-refractivity contribution in [2.75, 3.05) is 7.11 Å². The number of benzene rings is 3. The Balaban J connectivity index is 1.70. The second-order valence-corrected chi connectivity index (χ2v) is 10.2. The molecule has 0 radical (unpaired) electrons. The van der Waals surface area contributed by atoms with Crippen molar-refractivity contribution in [3.63, 3.8) is 0 Å². The van der Waals surface area contributed by atoms with Crippen LogP contribution in [-0.4, -0.2) is 35.1 Å². The molecule has 0 spiro atoms. The number of nitrogens with zero attached hydrogens (tertiary/aromatic N) is 1. The average Bonchev–Trinajstić information content (AvgIpc) is 3.13. The normalized spacial score (nSPS) is 11.3. The second kappa shape index (κ2) is 10.7. The van der Waals surface area contributed by atoms with Gasteiger partial charge in [-0.2, -0.15) is 0 Å². The lowest BCUT2D eigenvalue weighted by molar-refractivity contribution is -0.133. The molecule has 0 aliphatic heterocycles. The molecule has 8 heteroatoms. The molecule has 38 heavy (non-hydrogen) atoms. The number of ether oxygens (including phenoxy) is 3. The highest BCUT2D eigenvalue weighted by atomic mass is 35.5. The van der Waals surface area contributed by atoms with E-state index in [2.05, 4.69) is 0 Å². The van der Waals surface area contributed by atoms with Crippen LogP contribution in [0, 0.1) is 6.92 Å². The summed E-state index contributed by atoms with van der Waals surface area (Å²) in [6.07, 6.45) is -0.140. The van der Waals surface area contributed by atoms with Crippen molar-refractivity contribution in [3.05, 3.63) is 94.1 Å². The highest BCUT2D eigenvalue weighted by molar-refractivity contribution is 6.30. The monoisotopic (exact) mass is 533 g/mol. The third-order valence-corrected chi connectivity index (χ3v) is 6.14. The van der Waals surface area contributed by atoms with Gasteiger partial charge in [0.2, 0.25) is 0 Å². The van der Waals surface area contributed by atoms with Crippen molar-refractivity contribution in [1.82, 2.24) is 4.57 Å². The Kier molecular flexibility index (Phi) is 7.60. The van der Waals surface area contributed by atoms with Crippen LogP contribution in [0.2, 0.25) is 5.02 Å². The minimum absolute atomic E-state index is 0.1000. The van der Waals surface area contributed by atoms with Crippen molar-refractivity contribution in [3.8, 4) is 11.5 Å². The lowest BCUT2D eigenvalue weighted by atomic mass is 10.1. The lowest BCUT2D eigenvalue weighted by Crippen LogP contribution is -2.24. The van der Waals surface area contributed by atoms with E-state index < -0.39 is 17.5 Å². The Labute approximate surface area is 225 Å². The van der Waals surface area contributed by atoms with Crippen molar-refractivity contribution >= 4 is 40.3 Å². The molecule has 7 nitrogen and oxygen atoms in total. The summed E-state index contributed by atoms with van der Waals surface area (Å²) in [5, 5.41) is 1.21. The zero-order valence-corrected chi connectivity index (χ0v) is 22.6. The standard InChI is InChI=1S/C30H28ClNO6/c1-18-23(17-27(33)37-26-9-7-6-8-22(26)29(35)38-30(2,3)4)24-16-21(36-5)14-15-25(24)32(18)28(34)19-10-12-20(31)13-11-19/h6-16H,17H2,1-5H3. The number of methoxy groups -OCH3 is 1. The van der Waals surface area contributed by atoms with E-state index in [0.717, 1.165) is 0 Å². The van der Waals surface area contributed by atoms with Gasteiger partial charge in [0.15, 0.2) is 0 Å². The van der Waals surface area contributed by atoms with Crippen LogP contribution in [0.4, 0.5) is 0 Å². The summed E-state index contributed by atoms with van der Waals surface area (Å²) in [6, 6.07) is 18.4. The van der Waals surface area contributed by atoms with Crippen LogP contribution in [0.5, 0.6) is 11.5 Å². The SMILES string of the molecule is COc1ccc2c(c1)c(CC(=O)Oc1ccccc1C(=O)OC(C)(C)C)c(C)n2C(=O)c1ccc(Cl)cc1. The van der Waals surface area contributed by atoms with Crippen molar-refractivity contribution in [2.45, 2.75) is 39.7 Å². The molecule has 1 aromatic heterocycles. The minimum Gasteiger partial charge on any atom is -0.497 e. The second-order valence-electron chi connectivity index (χ2n) is 9.74. The van der Waals surface area contributed by atoms with Gasteiger partial charge in [0, 0.05) is 21.7 Å². The van der Waals surface area contributed by atoms with Gasteiger partial charge in [-0.1, -0.05) is 23.7 Å². The first kappa shape index (κ1) is 26.9. The summed E-state index contributed by atoms with van der Waals surface area (Å²) in [5.74, 6) is -0.762. The Morgan fingerprint density at radius 2 is 1.63 bits per heavy atom. The van der Waals surface area contributed by atoms with Gasteiger partial charge in [-0.15, -0.1) is 0 Å². The van der Waals surface area contributed by atoms with Crippen LogP contribution < -0.4 is 9.47 Å². The minimum atomic E-state index is -0.706. The number of aromatic nitrogens is 1. The van der Waals surface area contributed by atoms with Gasteiger partial charge in [0.05, 0.1) is 19.0 Å². The molecule has 0 unspecified atom stereocenters. The summed E-state index contributed by atoms with van der Waals surface area (Å²) >= 11 is 6.00. The summed E-state index contributed by atoms with van der Waals surface area (Å²) < 4.78 is 18.0. The number of halogens is 1. The predicted octanol–water partition coefficient (Wildman–Crippen LogP) is 6.40. The zero-order chi connectivity index (χ0) is 27.6. The summed E-state index contributed by atoms with van der Waals surface area (Å²) in [5.41, 5.74) is 1.72. The van der Waals surface area contributed by atoms with Gasteiger partial charge in [-0.05, 0) is 87.9 Å². The lowest BCUT2D eigenvalue weighted by Gasteiger charge is -2.20. The van der Waals surface area contributed by atoms with Gasteiger partial charge in [-0.25, -0.2) is 4.79 Å². The number of hydrogen-bond acceptors (Lipinski definition) is 6. The van der Waals surface area contributed by atoms with E-state index in [1.54, 1.807) is 106 Å². The number of rotatable bonds is 6. The molecule has 0 atom stereocenters. The Morgan fingerprint density at radius 1 is 0.947 bits per heavy atom. The molecule has 0 saturated carbocycles. The van der Waals surface area contributed by atoms with Gasteiger partial charge >= 0.3 is 11.9 Å². The van der Waals surface area contributed by atoms with Crippen molar-refractivity contribution in [2.24, 2.45) is 0 Å². The van der Waals surface area contributed by atoms with E-state index >= 15 is 0 Å². The first-order valence-electron chi connectivity index (χ1n) is 12.0. The van der Waals surface area contributed by atoms with E-state index in [9.17, 15) is 14.4 Å². The molecular weight excluding hydrogens is 506 g/mol. The van der Waals surface area contributed by atoms with E-state index in [1.165, 1.54) is 0 Å². The summed E-state index contributed by atoms with van der Waals surface area (Å²) in [7, 11) is 1.55. The molecule has 4 aromatic rings. The van der Waals surface area contributed by atoms with E-state index in [-0.39, 0.29) is 23.6 Å². The average molecular weight is 534 g/mol. The molecule has 1 heterocycles. The fourth-order valence-electron chi connectivity index (χ4n) is 4.16. The highest BCUT2D eigenvalue weighted by Crippen LogP contribution is 2.31. The molecular formula is C30H28ClNO6. The first-order chi connectivity index (χ1) is 18.0. The summed E-state index contributed by atoms with van der Waals surface area (Å²) in [4.78, 5) is 39.3. The number of hydrogen-bond donors (Lipinski definition) is 0. The summed E-state index contributed by atoms with van der Waals surface area (Å²) in [6.45, 7) is 7.06. The highest BCUT2D eigenvalue weighted by Gasteiger charge is 2.25. The topological polar surface area (TPSA) is 83.8 Å². The molecule has 0 saturated heterocycles. The Morgan fingerprint density at radius 3 is 2.29 bits per heavy atom. The molecule has 3 aromatic carbocycles. The number of carbonyl (C=O) groups excluding carboxylic acids is 3. The number of para-hydroxylation sites is 1. The maximum absolute atomic E-state index is 13.5. The first-order valence-corrected chi connectivity index (χ1v) is 12.4. The Bertz CT molecular complexity index is 1530. The smallest absolute Gasteiger partial charge is 0.342 e. The third kappa shape index (κ3) is 5.73. The quantitative estimate of drug-likeness (QED) is 0.210. The van der Waals surface area contributed by atoms with Crippen molar-refractivity contribution < 1.29 is 28.6 Å². The molecule has 0 fully saturated rings. The van der Waals surface area contributed by atoms with Gasteiger partial charge < -0.3 is 14.2 Å². The number of fused-ring (bicyclic) bond motifs is 1. The zero-order valence-electron chi connectivity index (χ0n) is 21.8. The maximum Gasteiger partial charge on any atom is 0.342 e. The van der Waals surface area contributed by atoms with Gasteiger partial charge in [0.1, 0.15) is 22.7 Å². The van der Waals surface area contributed by atoms with E-state index in [4.69, 9.17) is 25.8 Å². The number of esters is 2. The van der Waals surface area contributed by atoms with Crippen LogP contribution in [-0.2, 0) is 16.0 Å². The van der Waals surface area contributed by atoms with Crippen molar-refractivity contribution in [1.29, 1.82) is 0 Å². The van der Waals surface area contributed by atoms with Gasteiger partial charge in [-0.3, -0.25) is 14.2 Å². The van der Waals surface area contributed by atoms with E-state index in [0.29, 0.717) is 38.5 Å². The molecule has 196 valence electrons. The molecule has 4 rings (SSSR count). The molecule has 0 aliphatic carbocycles. The third-order valence-electron chi connectivity index (χ3n) is 5.89. The Hall–Kier alpha value is -4.10. The fourth-order valence-corrected chi connectivity index (χ4v) is 4.28. The number of carbonyl (C=O) groups is 3. The van der Waals surface area contributed by atoms with Crippen LogP contribution in [0.3, 0.4) is 0 Å². The molecule has 0 amide bonds. The van der Waals surface area contributed by atoms with Crippen LogP contribution >= 0.6 is 11.6 Å². The largest absolute Gasteiger partial charge is 0.497 e. The molecule has 0 aliphatic rings. The maximum atomic E-state index is 13.5. The van der Waals surface area contributed by atoms with Crippen LogP contribution in [0.15, 0.2) is 66.7 Å². The van der Waals surface area contributed by atoms with Crippen LogP contribution in [0.1, 0.15) is 52.7 Å². The molecule has 0 N–H and O–H groups in total. The van der Waals surface area contributed by atoms with Gasteiger partial charge in [0.25, 0.3) is 5.91 Å².